The van der Waals surface area contributed by atoms with Gasteiger partial charge in [0.05, 0.1) is 31.1 Å². The van der Waals surface area contributed by atoms with Gasteiger partial charge < -0.3 is 19.9 Å². The molecule has 1 aromatic rings. The second-order valence-corrected chi connectivity index (χ2v) is 5.60. The molecular formula is C14H21N3O3. The smallest absolute Gasteiger partial charge is 0.216 e. The minimum absolute atomic E-state index is 0.117. The van der Waals surface area contributed by atoms with Crippen molar-refractivity contribution in [3.63, 3.8) is 0 Å². The van der Waals surface area contributed by atoms with E-state index >= 15 is 0 Å². The number of nitrogens with two attached hydrogens (primary N) is 1. The van der Waals surface area contributed by atoms with Crippen molar-refractivity contribution in [2.24, 2.45) is 11.7 Å². The molecule has 0 aromatic carbocycles. The van der Waals surface area contributed by atoms with Crippen molar-refractivity contribution >= 4 is 0 Å². The molecule has 6 heteroatoms. The van der Waals surface area contributed by atoms with Crippen molar-refractivity contribution in [3.05, 3.63) is 18.1 Å². The third-order valence-corrected chi connectivity index (χ3v) is 4.32. The van der Waals surface area contributed by atoms with Crippen molar-refractivity contribution in [1.29, 1.82) is 0 Å². The highest BCUT2D eigenvalue weighted by atomic mass is 16.6. The number of hydrogen-bond acceptors (Lipinski definition) is 6. The molecular weight excluding hydrogens is 258 g/mol. The Hall–Kier alpha value is -1.24. The van der Waals surface area contributed by atoms with Gasteiger partial charge in [-0.05, 0) is 18.8 Å². The minimum Gasteiger partial charge on any atom is -0.481 e. The Morgan fingerprint density at radius 2 is 2.35 bits per heavy atom. The molecule has 0 bridgehead atoms. The predicted octanol–water partition coefficient (Wildman–Crippen LogP) is 1.07. The zero-order valence-corrected chi connectivity index (χ0v) is 11.7. The van der Waals surface area contributed by atoms with Gasteiger partial charge in [-0.25, -0.2) is 9.97 Å². The number of nitrogens with zero attached hydrogens (tertiary/aromatic N) is 2. The first-order valence-corrected chi connectivity index (χ1v) is 7.06. The van der Waals surface area contributed by atoms with E-state index in [2.05, 4.69) is 9.97 Å². The normalized spacial score (nSPS) is 31.4. The van der Waals surface area contributed by atoms with E-state index in [-0.39, 0.29) is 11.6 Å². The molecule has 1 spiro atoms. The van der Waals surface area contributed by atoms with Gasteiger partial charge in [-0.15, -0.1) is 0 Å². The summed E-state index contributed by atoms with van der Waals surface area (Å²) in [5, 5.41) is 0. The van der Waals surface area contributed by atoms with E-state index < -0.39 is 0 Å². The Balaban J connectivity index is 1.74. The van der Waals surface area contributed by atoms with E-state index in [1.165, 1.54) is 6.33 Å². The van der Waals surface area contributed by atoms with Crippen LogP contribution in [0.25, 0.3) is 0 Å². The molecule has 3 heterocycles. The lowest BCUT2D eigenvalue weighted by atomic mass is 9.80. The van der Waals surface area contributed by atoms with Gasteiger partial charge in [-0.1, -0.05) is 0 Å². The maximum Gasteiger partial charge on any atom is 0.216 e. The lowest BCUT2D eigenvalue weighted by Crippen LogP contribution is -2.43. The summed E-state index contributed by atoms with van der Waals surface area (Å²) < 4.78 is 16.6. The summed E-state index contributed by atoms with van der Waals surface area (Å²) in [6, 6.07) is 1.70. The largest absolute Gasteiger partial charge is 0.481 e. The van der Waals surface area contributed by atoms with E-state index in [9.17, 15) is 0 Å². The standard InChI is InChI=1S/C14H21N3O3/c1-18-12-6-11(16-9-17-12)13(15)10-2-4-20-14(7-10)3-5-19-8-14/h6,9-10,13H,2-5,7-8,15H2,1H3. The SMILES string of the molecule is COc1cc(C(N)C2CCOC3(CCOC3)C2)ncn1. The molecule has 2 aliphatic heterocycles. The molecule has 2 saturated heterocycles. The van der Waals surface area contributed by atoms with Crippen LogP contribution in [0.4, 0.5) is 0 Å². The Morgan fingerprint density at radius 1 is 1.45 bits per heavy atom. The van der Waals surface area contributed by atoms with Crippen molar-refractivity contribution in [3.8, 4) is 5.88 Å². The second-order valence-electron chi connectivity index (χ2n) is 5.60. The summed E-state index contributed by atoms with van der Waals surface area (Å²) in [6.07, 6.45) is 4.35. The van der Waals surface area contributed by atoms with E-state index in [1.807, 2.05) is 6.07 Å². The molecule has 0 radical (unpaired) electrons. The summed E-state index contributed by atoms with van der Waals surface area (Å²) in [5.74, 6) is 0.904. The molecule has 3 rings (SSSR count). The molecule has 0 saturated carbocycles. The average molecular weight is 279 g/mol. The zero-order chi connectivity index (χ0) is 14.0. The molecule has 1 aromatic heterocycles. The summed E-state index contributed by atoms with van der Waals surface area (Å²) in [4.78, 5) is 8.31. The highest BCUT2D eigenvalue weighted by Gasteiger charge is 2.42. The molecule has 0 aliphatic carbocycles. The van der Waals surface area contributed by atoms with Crippen LogP contribution in [0.1, 0.15) is 31.0 Å². The molecule has 20 heavy (non-hydrogen) atoms. The summed E-state index contributed by atoms with van der Waals surface area (Å²) in [6.45, 7) is 2.20. The van der Waals surface area contributed by atoms with Crippen LogP contribution in [0, 0.1) is 5.92 Å². The molecule has 2 fully saturated rings. The Kier molecular flexibility index (Phi) is 3.87. The summed E-state index contributed by atoms with van der Waals surface area (Å²) in [7, 11) is 1.59. The number of rotatable bonds is 3. The predicted molar refractivity (Wildman–Crippen MR) is 72.4 cm³/mol. The molecule has 2 aliphatic rings. The molecule has 3 atom stereocenters. The van der Waals surface area contributed by atoms with E-state index in [4.69, 9.17) is 19.9 Å². The van der Waals surface area contributed by atoms with E-state index in [0.717, 1.165) is 38.2 Å². The van der Waals surface area contributed by atoms with Crippen LogP contribution in [0.3, 0.4) is 0 Å². The van der Waals surface area contributed by atoms with Gasteiger partial charge in [0.15, 0.2) is 0 Å². The topological polar surface area (TPSA) is 79.5 Å². The molecule has 6 nitrogen and oxygen atoms in total. The van der Waals surface area contributed by atoms with Gasteiger partial charge in [0.25, 0.3) is 0 Å². The third kappa shape index (κ3) is 2.63. The highest BCUT2D eigenvalue weighted by Crippen LogP contribution is 2.39. The fourth-order valence-electron chi connectivity index (χ4n) is 3.12. The fraction of sp³-hybridized carbons (Fsp3) is 0.714. The van der Waals surface area contributed by atoms with Crippen LogP contribution in [-0.2, 0) is 9.47 Å². The molecule has 3 unspecified atom stereocenters. The van der Waals surface area contributed by atoms with Gasteiger partial charge in [0.1, 0.15) is 6.33 Å². The number of aromatic nitrogens is 2. The Labute approximate surface area is 118 Å². The minimum atomic E-state index is -0.127. The maximum atomic E-state index is 6.40. The highest BCUT2D eigenvalue weighted by molar-refractivity contribution is 5.17. The maximum absolute atomic E-state index is 6.40. The monoisotopic (exact) mass is 279 g/mol. The number of hydrogen-bond donors (Lipinski definition) is 1. The van der Waals surface area contributed by atoms with E-state index in [0.29, 0.717) is 18.4 Å². The first kappa shape index (κ1) is 13.7. The van der Waals surface area contributed by atoms with Crippen LogP contribution in [0.15, 0.2) is 12.4 Å². The van der Waals surface area contributed by atoms with Crippen LogP contribution in [0.5, 0.6) is 5.88 Å². The van der Waals surface area contributed by atoms with Crippen LogP contribution in [-0.4, -0.2) is 42.5 Å². The van der Waals surface area contributed by atoms with Gasteiger partial charge in [0.2, 0.25) is 5.88 Å². The molecule has 0 amide bonds. The van der Waals surface area contributed by atoms with Crippen LogP contribution >= 0.6 is 0 Å². The Bertz CT molecular complexity index is 463. The van der Waals surface area contributed by atoms with E-state index in [1.54, 1.807) is 7.11 Å². The first-order valence-electron chi connectivity index (χ1n) is 7.06. The van der Waals surface area contributed by atoms with Crippen molar-refractivity contribution in [2.75, 3.05) is 26.9 Å². The first-order chi connectivity index (χ1) is 9.72. The Morgan fingerprint density at radius 3 is 3.10 bits per heavy atom. The number of methoxy groups -OCH3 is 1. The number of ether oxygens (including phenoxy) is 3. The summed E-state index contributed by atoms with van der Waals surface area (Å²) in [5.41, 5.74) is 7.11. The van der Waals surface area contributed by atoms with Gasteiger partial charge >= 0.3 is 0 Å². The van der Waals surface area contributed by atoms with Gasteiger partial charge in [0, 0.05) is 25.7 Å². The van der Waals surface area contributed by atoms with Crippen molar-refractivity contribution < 1.29 is 14.2 Å². The van der Waals surface area contributed by atoms with Gasteiger partial charge in [-0.3, -0.25) is 0 Å². The lowest BCUT2D eigenvalue weighted by molar-refractivity contribution is -0.101. The second kappa shape index (κ2) is 5.63. The van der Waals surface area contributed by atoms with Crippen LogP contribution in [0.2, 0.25) is 0 Å². The van der Waals surface area contributed by atoms with Crippen molar-refractivity contribution in [1.82, 2.24) is 9.97 Å². The molecule has 2 N–H and O–H groups in total. The van der Waals surface area contributed by atoms with Crippen molar-refractivity contribution in [2.45, 2.75) is 30.9 Å². The summed E-state index contributed by atoms with van der Waals surface area (Å²) >= 11 is 0. The average Bonchev–Trinajstić information content (AvgIpc) is 2.94. The van der Waals surface area contributed by atoms with Crippen LogP contribution < -0.4 is 10.5 Å². The lowest BCUT2D eigenvalue weighted by Gasteiger charge is -2.39. The zero-order valence-electron chi connectivity index (χ0n) is 11.7. The molecule has 110 valence electrons. The van der Waals surface area contributed by atoms with Gasteiger partial charge in [-0.2, -0.15) is 0 Å². The fourth-order valence-corrected chi connectivity index (χ4v) is 3.12. The quantitative estimate of drug-likeness (QED) is 0.891. The third-order valence-electron chi connectivity index (χ3n) is 4.32.